The highest BCUT2D eigenvalue weighted by atomic mass is 32.2. The second-order valence-corrected chi connectivity index (χ2v) is 13.1. The molecule has 0 saturated carbocycles. The number of carbonyl (C=O) groups excluding carboxylic acids is 1. The standard InChI is InChI=1S/C32H36FN3O5S/c1-21-17-36(22(2)19-37)32(38)31-30(27-14-7-8-15-28(27)35(31)4)26-13-6-5-10-23(26)20-41-29(21)18-34(3)42(39,40)25-12-9-11-24(33)16-25/h5-16,21-22,29,37H,17-20H2,1-4H3/t21-,22+,29-/m0/s1. The number of ether oxygens (including phenoxy) is 1. The Morgan fingerprint density at radius 1 is 1.10 bits per heavy atom. The number of rotatable bonds is 6. The van der Waals surface area contributed by atoms with E-state index < -0.39 is 28.0 Å². The van der Waals surface area contributed by atoms with Crippen LogP contribution in [0.15, 0.2) is 77.7 Å². The SMILES string of the molecule is C[C@H](CO)N1C[C@H](C)[C@H](CN(C)S(=O)(=O)c2cccc(F)c2)OCc2ccccc2-c2c(n(C)c3ccccc23)C1=O. The first-order chi connectivity index (χ1) is 20.0. The van der Waals surface area contributed by atoms with Crippen LogP contribution in [-0.4, -0.2) is 72.1 Å². The number of aliphatic hydroxyl groups excluding tert-OH is 1. The smallest absolute Gasteiger partial charge is 0.271 e. The van der Waals surface area contributed by atoms with Crippen LogP contribution in [0.5, 0.6) is 0 Å². The van der Waals surface area contributed by atoms with Gasteiger partial charge in [0.2, 0.25) is 10.0 Å². The third-order valence-corrected chi connectivity index (χ3v) is 9.99. The van der Waals surface area contributed by atoms with Crippen LogP contribution < -0.4 is 0 Å². The number of sulfonamides is 1. The number of aryl methyl sites for hydroxylation is 1. The van der Waals surface area contributed by atoms with Crippen LogP contribution in [0.1, 0.15) is 29.9 Å². The first-order valence-electron chi connectivity index (χ1n) is 14.0. The Hall–Kier alpha value is -3.57. The summed E-state index contributed by atoms with van der Waals surface area (Å²) in [5, 5.41) is 11.1. The van der Waals surface area contributed by atoms with Gasteiger partial charge in [0.1, 0.15) is 11.5 Å². The molecule has 0 spiro atoms. The number of hydrogen-bond donors (Lipinski definition) is 1. The van der Waals surface area contributed by atoms with Gasteiger partial charge in [-0.25, -0.2) is 12.8 Å². The first-order valence-corrected chi connectivity index (χ1v) is 15.4. The third kappa shape index (κ3) is 5.47. The molecule has 1 aliphatic heterocycles. The molecule has 0 fully saturated rings. The molecular weight excluding hydrogens is 557 g/mol. The van der Waals surface area contributed by atoms with Crippen molar-refractivity contribution in [1.29, 1.82) is 0 Å². The molecule has 222 valence electrons. The highest BCUT2D eigenvalue weighted by Crippen LogP contribution is 2.38. The summed E-state index contributed by atoms with van der Waals surface area (Å²) in [7, 11) is -0.696. The van der Waals surface area contributed by atoms with Crippen molar-refractivity contribution in [2.75, 3.05) is 26.7 Å². The minimum atomic E-state index is -4.01. The van der Waals surface area contributed by atoms with Crippen molar-refractivity contribution in [2.24, 2.45) is 13.0 Å². The molecule has 1 N–H and O–H groups in total. The number of carbonyl (C=O) groups is 1. The van der Waals surface area contributed by atoms with E-state index in [9.17, 15) is 22.7 Å². The molecule has 8 nitrogen and oxygen atoms in total. The largest absolute Gasteiger partial charge is 0.394 e. The summed E-state index contributed by atoms with van der Waals surface area (Å²) in [4.78, 5) is 15.9. The number of hydrogen-bond acceptors (Lipinski definition) is 5. The van der Waals surface area contributed by atoms with E-state index in [1.807, 2.05) is 67.1 Å². The Bertz CT molecular complexity index is 1720. The average Bonchev–Trinajstić information content (AvgIpc) is 3.28. The Balaban J connectivity index is 1.61. The third-order valence-electron chi connectivity index (χ3n) is 8.17. The maximum absolute atomic E-state index is 14.4. The number of amides is 1. The zero-order chi connectivity index (χ0) is 30.2. The molecule has 4 aromatic rings. The fourth-order valence-corrected chi connectivity index (χ4v) is 6.90. The van der Waals surface area contributed by atoms with Crippen molar-refractivity contribution in [3.05, 3.63) is 89.9 Å². The second-order valence-electron chi connectivity index (χ2n) is 11.0. The molecule has 3 aromatic carbocycles. The molecule has 1 amide bonds. The number of halogens is 1. The maximum atomic E-state index is 14.4. The van der Waals surface area contributed by atoms with Gasteiger partial charge in [0.15, 0.2) is 0 Å². The minimum Gasteiger partial charge on any atom is -0.394 e. The summed E-state index contributed by atoms with van der Waals surface area (Å²) in [6.07, 6.45) is -0.620. The van der Waals surface area contributed by atoms with Crippen molar-refractivity contribution in [1.82, 2.24) is 13.8 Å². The monoisotopic (exact) mass is 593 g/mol. The van der Waals surface area contributed by atoms with Crippen molar-refractivity contribution in [3.8, 4) is 11.1 Å². The number of aliphatic hydroxyl groups is 1. The lowest BCUT2D eigenvalue weighted by atomic mass is 9.96. The van der Waals surface area contributed by atoms with E-state index in [4.69, 9.17) is 4.74 Å². The summed E-state index contributed by atoms with van der Waals surface area (Å²) < 4.78 is 50.1. The van der Waals surface area contributed by atoms with Gasteiger partial charge in [-0.3, -0.25) is 4.79 Å². The molecule has 42 heavy (non-hydrogen) atoms. The summed E-state index contributed by atoms with van der Waals surface area (Å²) in [5.74, 6) is -1.19. The van der Waals surface area contributed by atoms with Gasteiger partial charge in [-0.05, 0) is 42.3 Å². The van der Waals surface area contributed by atoms with Gasteiger partial charge in [-0.15, -0.1) is 0 Å². The van der Waals surface area contributed by atoms with Gasteiger partial charge in [0.25, 0.3) is 5.91 Å². The van der Waals surface area contributed by atoms with E-state index in [1.54, 1.807) is 11.8 Å². The Morgan fingerprint density at radius 2 is 1.81 bits per heavy atom. The molecule has 3 atom stereocenters. The summed E-state index contributed by atoms with van der Waals surface area (Å²) in [5.41, 5.74) is 3.93. The molecular formula is C32H36FN3O5S. The van der Waals surface area contributed by atoms with Crippen LogP contribution in [0.4, 0.5) is 4.39 Å². The van der Waals surface area contributed by atoms with E-state index in [-0.39, 0.29) is 43.0 Å². The fourth-order valence-electron chi connectivity index (χ4n) is 5.68. The molecule has 0 unspecified atom stereocenters. The zero-order valence-electron chi connectivity index (χ0n) is 24.2. The van der Waals surface area contributed by atoms with Crippen LogP contribution in [0.25, 0.3) is 22.0 Å². The summed E-state index contributed by atoms with van der Waals surface area (Å²) in [6, 6.07) is 20.0. The zero-order valence-corrected chi connectivity index (χ0v) is 25.0. The van der Waals surface area contributed by atoms with Gasteiger partial charge >= 0.3 is 0 Å². The quantitative estimate of drug-likeness (QED) is 0.351. The highest BCUT2D eigenvalue weighted by molar-refractivity contribution is 7.89. The molecule has 0 aliphatic carbocycles. The topological polar surface area (TPSA) is 92.1 Å². The van der Waals surface area contributed by atoms with Crippen molar-refractivity contribution in [3.63, 3.8) is 0 Å². The Labute approximate surface area is 246 Å². The molecule has 1 aliphatic rings. The lowest BCUT2D eigenvalue weighted by Gasteiger charge is -2.35. The van der Waals surface area contributed by atoms with Crippen molar-refractivity contribution < 1.29 is 27.4 Å². The minimum absolute atomic E-state index is 0.0202. The maximum Gasteiger partial charge on any atom is 0.271 e. The molecule has 5 rings (SSSR count). The lowest BCUT2D eigenvalue weighted by molar-refractivity contribution is -0.0147. The van der Waals surface area contributed by atoms with Crippen LogP contribution in [0, 0.1) is 11.7 Å². The lowest BCUT2D eigenvalue weighted by Crippen LogP contribution is -2.48. The van der Waals surface area contributed by atoms with Gasteiger partial charge in [-0.1, -0.05) is 55.5 Å². The number of likely N-dealkylation sites (N-methyl/N-ethyl adjacent to an activating group) is 1. The molecule has 0 saturated heterocycles. The molecule has 2 heterocycles. The molecule has 10 heteroatoms. The highest BCUT2D eigenvalue weighted by Gasteiger charge is 2.35. The normalized spacial score (nSPS) is 18.9. The predicted octanol–water partition coefficient (Wildman–Crippen LogP) is 4.66. The molecule has 1 aromatic heterocycles. The first kappa shape index (κ1) is 29.9. The Kier molecular flexibility index (Phi) is 8.52. The Morgan fingerprint density at radius 3 is 2.55 bits per heavy atom. The van der Waals surface area contributed by atoms with E-state index in [2.05, 4.69) is 0 Å². The number of fused-ring (bicyclic) bond motifs is 5. The second kappa shape index (κ2) is 12.0. The van der Waals surface area contributed by atoms with E-state index in [0.29, 0.717) is 5.69 Å². The van der Waals surface area contributed by atoms with Crippen LogP contribution in [0.3, 0.4) is 0 Å². The van der Waals surface area contributed by atoms with Gasteiger partial charge in [0.05, 0.1) is 30.3 Å². The van der Waals surface area contributed by atoms with Crippen molar-refractivity contribution in [2.45, 2.75) is 37.5 Å². The average molecular weight is 594 g/mol. The van der Waals surface area contributed by atoms with Gasteiger partial charge in [0, 0.05) is 49.6 Å². The number of para-hydroxylation sites is 1. The number of nitrogens with zero attached hydrogens (tertiary/aromatic N) is 3. The van der Waals surface area contributed by atoms with Crippen LogP contribution in [0.2, 0.25) is 0 Å². The van der Waals surface area contributed by atoms with E-state index >= 15 is 0 Å². The predicted molar refractivity (Wildman–Crippen MR) is 160 cm³/mol. The van der Waals surface area contributed by atoms with Crippen LogP contribution in [-0.2, 0) is 28.4 Å². The number of aromatic nitrogens is 1. The molecule has 0 radical (unpaired) electrons. The van der Waals surface area contributed by atoms with E-state index in [1.165, 1.54) is 29.6 Å². The fraction of sp³-hybridized carbons (Fsp3) is 0.344. The van der Waals surface area contributed by atoms with Crippen LogP contribution >= 0.6 is 0 Å². The van der Waals surface area contributed by atoms with Crippen molar-refractivity contribution >= 4 is 26.8 Å². The number of benzene rings is 3. The summed E-state index contributed by atoms with van der Waals surface area (Å²) in [6.45, 7) is 3.84. The molecule has 0 bridgehead atoms. The van der Waals surface area contributed by atoms with Gasteiger partial charge < -0.3 is 19.3 Å². The van der Waals surface area contributed by atoms with Gasteiger partial charge in [-0.2, -0.15) is 4.31 Å². The van der Waals surface area contributed by atoms with E-state index in [0.717, 1.165) is 33.7 Å². The summed E-state index contributed by atoms with van der Waals surface area (Å²) >= 11 is 0.